The number of nitrogens with zero attached hydrogens (tertiary/aromatic N) is 5. The van der Waals surface area contributed by atoms with Crippen LogP contribution in [-0.2, 0) is 19.6 Å². The van der Waals surface area contributed by atoms with Crippen LogP contribution in [0.25, 0.3) is 11.2 Å². The number of aromatic nitrogens is 5. The maximum atomic E-state index is 13.5. The lowest BCUT2D eigenvalue weighted by molar-refractivity contribution is 0.277. The van der Waals surface area contributed by atoms with Crippen LogP contribution in [0.2, 0.25) is 0 Å². The van der Waals surface area contributed by atoms with Gasteiger partial charge in [-0.05, 0) is 43.5 Å². The van der Waals surface area contributed by atoms with Gasteiger partial charge in [-0.15, -0.1) is 0 Å². The highest BCUT2D eigenvalue weighted by atomic mass is 16.5. The quantitative estimate of drug-likeness (QED) is 0.419. The number of pyridine rings is 1. The van der Waals surface area contributed by atoms with E-state index < -0.39 is 11.2 Å². The Morgan fingerprint density at radius 2 is 1.61 bits per heavy atom. The second kappa shape index (κ2) is 9.83. The number of ether oxygens (including phenoxy) is 1. The van der Waals surface area contributed by atoms with E-state index in [0.29, 0.717) is 25.1 Å². The molecule has 0 amide bonds. The van der Waals surface area contributed by atoms with Gasteiger partial charge in [-0.25, -0.2) is 4.79 Å². The van der Waals surface area contributed by atoms with Crippen LogP contribution in [0, 0.1) is 6.92 Å². The van der Waals surface area contributed by atoms with Gasteiger partial charge in [-0.1, -0.05) is 29.8 Å². The van der Waals surface area contributed by atoms with Crippen molar-refractivity contribution in [2.45, 2.75) is 39.9 Å². The van der Waals surface area contributed by atoms with Gasteiger partial charge in [0.05, 0.1) is 19.7 Å². The van der Waals surface area contributed by atoms with Crippen molar-refractivity contribution < 1.29 is 9.84 Å². The summed E-state index contributed by atoms with van der Waals surface area (Å²) >= 11 is 0. The summed E-state index contributed by atoms with van der Waals surface area (Å²) in [5.41, 5.74) is 2.63. The molecule has 0 saturated carbocycles. The van der Waals surface area contributed by atoms with E-state index in [0.717, 1.165) is 16.7 Å². The number of hydrogen-bond acceptors (Lipinski definition) is 6. The molecule has 1 N–H and O–H groups in total. The lowest BCUT2D eigenvalue weighted by Crippen LogP contribution is -2.41. The Morgan fingerprint density at radius 3 is 2.27 bits per heavy atom. The Balaban J connectivity index is 1.96. The molecular weight excluding hydrogens is 422 g/mol. The highest BCUT2D eigenvalue weighted by Crippen LogP contribution is 2.21. The maximum absolute atomic E-state index is 13.5. The van der Waals surface area contributed by atoms with Gasteiger partial charge in [-0.2, -0.15) is 4.98 Å². The SMILES string of the molecule is CCOc1nc2c(c(=O)n(CCCO)c(=O)n2Cc2ccncc2)n1Cc1ccc(C)cc1. The molecule has 0 unspecified atom stereocenters. The smallest absolute Gasteiger partial charge is 0.333 e. The average molecular weight is 450 g/mol. The van der Waals surface area contributed by atoms with Crippen molar-refractivity contribution >= 4 is 11.2 Å². The summed E-state index contributed by atoms with van der Waals surface area (Å²) in [6.45, 7) is 4.81. The number of benzene rings is 1. The van der Waals surface area contributed by atoms with Crippen LogP contribution >= 0.6 is 0 Å². The highest BCUT2D eigenvalue weighted by Gasteiger charge is 2.22. The fraction of sp³-hybridized carbons (Fsp3) is 0.333. The van der Waals surface area contributed by atoms with Crippen molar-refractivity contribution in [2.24, 2.45) is 0 Å². The highest BCUT2D eigenvalue weighted by molar-refractivity contribution is 5.72. The Hall–Kier alpha value is -3.72. The zero-order chi connectivity index (χ0) is 23.4. The Morgan fingerprint density at radius 1 is 0.939 bits per heavy atom. The molecule has 0 saturated heterocycles. The third-order valence-electron chi connectivity index (χ3n) is 5.44. The summed E-state index contributed by atoms with van der Waals surface area (Å²) in [6.07, 6.45) is 3.60. The molecule has 9 nitrogen and oxygen atoms in total. The topological polar surface area (TPSA) is 104 Å². The Bertz CT molecular complexity index is 1350. The molecule has 4 aromatic rings. The van der Waals surface area contributed by atoms with Crippen LogP contribution in [0.5, 0.6) is 6.01 Å². The standard InChI is InChI=1S/C24H27N5O4/c1-3-33-23-26-21-20(28(23)15-18-7-5-17(2)6-8-18)22(31)27(13-4-14-30)24(32)29(21)16-19-9-11-25-12-10-19/h5-12,30H,3-4,13-16H2,1-2H3. The molecule has 0 aliphatic heterocycles. The normalized spacial score (nSPS) is 11.2. The van der Waals surface area contributed by atoms with E-state index in [1.165, 1.54) is 9.13 Å². The largest absolute Gasteiger partial charge is 0.465 e. The van der Waals surface area contributed by atoms with Crippen molar-refractivity contribution in [1.82, 2.24) is 23.7 Å². The number of rotatable bonds is 9. The molecule has 4 rings (SSSR count). The summed E-state index contributed by atoms with van der Waals surface area (Å²) in [5, 5.41) is 9.30. The van der Waals surface area contributed by atoms with Crippen LogP contribution in [0.15, 0.2) is 58.4 Å². The monoisotopic (exact) mass is 449 g/mol. The summed E-state index contributed by atoms with van der Waals surface area (Å²) in [6, 6.07) is 11.9. The fourth-order valence-corrected chi connectivity index (χ4v) is 3.77. The average Bonchev–Trinajstić information content (AvgIpc) is 3.17. The predicted molar refractivity (Wildman–Crippen MR) is 125 cm³/mol. The molecule has 1 aromatic carbocycles. The van der Waals surface area contributed by atoms with E-state index in [9.17, 15) is 14.7 Å². The number of fused-ring (bicyclic) bond motifs is 1. The van der Waals surface area contributed by atoms with Gasteiger partial charge in [0.25, 0.3) is 11.6 Å². The number of aryl methyl sites for hydroxylation is 1. The Kier molecular flexibility index (Phi) is 6.69. The third kappa shape index (κ3) is 4.58. The molecule has 0 radical (unpaired) electrons. The first-order valence-electron chi connectivity index (χ1n) is 11.0. The van der Waals surface area contributed by atoms with Gasteiger partial charge >= 0.3 is 5.69 Å². The first kappa shape index (κ1) is 22.5. The first-order valence-corrected chi connectivity index (χ1v) is 11.0. The second-order valence-corrected chi connectivity index (χ2v) is 7.83. The van der Waals surface area contributed by atoms with Crippen molar-refractivity contribution in [2.75, 3.05) is 13.2 Å². The third-order valence-corrected chi connectivity index (χ3v) is 5.44. The number of hydrogen-bond donors (Lipinski definition) is 1. The van der Waals surface area contributed by atoms with Crippen LogP contribution in [-0.4, -0.2) is 42.0 Å². The molecular formula is C24H27N5O4. The first-order chi connectivity index (χ1) is 16.0. The number of imidazole rings is 1. The van der Waals surface area contributed by atoms with Crippen molar-refractivity contribution in [3.05, 3.63) is 86.3 Å². The predicted octanol–water partition coefficient (Wildman–Crippen LogP) is 1.94. The molecule has 0 spiro atoms. The van der Waals surface area contributed by atoms with Gasteiger partial charge in [-0.3, -0.25) is 23.5 Å². The molecule has 0 aliphatic rings. The molecule has 9 heteroatoms. The van der Waals surface area contributed by atoms with Crippen molar-refractivity contribution in [1.29, 1.82) is 0 Å². The maximum Gasteiger partial charge on any atom is 0.333 e. The van der Waals surface area contributed by atoms with E-state index in [-0.39, 0.29) is 31.4 Å². The van der Waals surface area contributed by atoms with E-state index in [1.807, 2.05) is 50.2 Å². The minimum absolute atomic E-state index is 0.111. The van der Waals surface area contributed by atoms with E-state index >= 15 is 0 Å². The van der Waals surface area contributed by atoms with Crippen molar-refractivity contribution in [3.63, 3.8) is 0 Å². The van der Waals surface area contributed by atoms with Gasteiger partial charge < -0.3 is 9.84 Å². The molecule has 0 fully saturated rings. The minimum atomic E-state index is -0.471. The van der Waals surface area contributed by atoms with E-state index in [4.69, 9.17) is 4.74 Å². The summed E-state index contributed by atoms with van der Waals surface area (Å²) < 4.78 is 10.2. The summed E-state index contributed by atoms with van der Waals surface area (Å²) in [4.78, 5) is 35.4. The van der Waals surface area contributed by atoms with Crippen LogP contribution in [0.1, 0.15) is 30.0 Å². The number of aliphatic hydroxyl groups excluding tert-OH is 1. The van der Waals surface area contributed by atoms with Crippen LogP contribution < -0.4 is 16.0 Å². The van der Waals surface area contributed by atoms with Gasteiger partial charge in [0.1, 0.15) is 0 Å². The lowest BCUT2D eigenvalue weighted by Gasteiger charge is -2.13. The fourth-order valence-electron chi connectivity index (χ4n) is 3.77. The molecule has 172 valence electrons. The molecule has 0 atom stereocenters. The summed E-state index contributed by atoms with van der Waals surface area (Å²) in [7, 11) is 0. The molecule has 0 aliphatic carbocycles. The van der Waals surface area contributed by atoms with Gasteiger partial charge in [0, 0.05) is 25.5 Å². The minimum Gasteiger partial charge on any atom is -0.465 e. The lowest BCUT2D eigenvalue weighted by atomic mass is 10.1. The van der Waals surface area contributed by atoms with Crippen LogP contribution in [0.4, 0.5) is 0 Å². The van der Waals surface area contributed by atoms with Crippen molar-refractivity contribution in [3.8, 4) is 6.01 Å². The van der Waals surface area contributed by atoms with Gasteiger partial charge in [0.15, 0.2) is 11.2 Å². The van der Waals surface area contributed by atoms with Gasteiger partial charge in [0.2, 0.25) is 0 Å². The Labute approximate surface area is 190 Å². The van der Waals surface area contributed by atoms with Crippen LogP contribution in [0.3, 0.4) is 0 Å². The molecule has 0 bridgehead atoms. The zero-order valence-corrected chi connectivity index (χ0v) is 18.8. The van der Waals surface area contributed by atoms with E-state index in [2.05, 4.69) is 9.97 Å². The number of aliphatic hydroxyl groups is 1. The molecule has 3 heterocycles. The van der Waals surface area contributed by atoms with E-state index in [1.54, 1.807) is 17.0 Å². The summed E-state index contributed by atoms with van der Waals surface area (Å²) in [5.74, 6) is 0. The zero-order valence-electron chi connectivity index (χ0n) is 18.8. The molecule has 3 aromatic heterocycles. The molecule has 33 heavy (non-hydrogen) atoms. The second-order valence-electron chi connectivity index (χ2n) is 7.83.